The first-order chi connectivity index (χ1) is 27.9. The predicted molar refractivity (Wildman–Crippen MR) is 216 cm³/mol. The lowest BCUT2D eigenvalue weighted by molar-refractivity contribution is -0.0708. The highest BCUT2D eigenvalue weighted by molar-refractivity contribution is 7.23. The second-order valence-electron chi connectivity index (χ2n) is 17.6. The first kappa shape index (κ1) is 40.8. The smallest absolute Gasteiger partial charge is 0.412 e. The van der Waals surface area contributed by atoms with E-state index in [1.165, 1.54) is 0 Å². The minimum Gasteiger partial charge on any atom is -0.458 e. The number of hydrogen-bond donors (Lipinski definition) is 1. The first-order valence-electron chi connectivity index (χ1n) is 19.8. The average Bonchev–Trinajstić information content (AvgIpc) is 3.84. The molecule has 4 aliphatic rings. The van der Waals surface area contributed by atoms with Crippen molar-refractivity contribution in [3.8, 4) is 23.3 Å². The highest BCUT2D eigenvalue weighted by Gasteiger charge is 2.45. The number of nitrogens with one attached hydrogen (secondary N) is 1. The number of anilines is 2. The zero-order chi connectivity index (χ0) is 42.1. The molecule has 0 aliphatic carbocycles. The third kappa shape index (κ3) is 7.81. The Hall–Kier alpha value is -4.96. The zero-order valence-electron chi connectivity index (χ0n) is 34.4. The average molecular weight is 835 g/mol. The summed E-state index contributed by atoms with van der Waals surface area (Å²) in [4.78, 5) is 46.3. The molecule has 0 saturated carbocycles. The van der Waals surface area contributed by atoms with Gasteiger partial charge in [-0.15, -0.1) is 11.3 Å². The largest absolute Gasteiger partial charge is 0.458 e. The fourth-order valence-corrected chi connectivity index (χ4v) is 9.43. The highest BCUT2D eigenvalue weighted by atomic mass is 32.1. The quantitative estimate of drug-likeness (QED) is 0.209. The maximum absolute atomic E-state index is 17.9. The molecule has 8 rings (SSSR count). The molecule has 3 saturated heterocycles. The van der Waals surface area contributed by atoms with E-state index in [4.69, 9.17) is 33.7 Å². The van der Waals surface area contributed by atoms with Crippen molar-refractivity contribution >= 4 is 55.3 Å². The van der Waals surface area contributed by atoms with E-state index in [1.807, 2.05) is 34.7 Å². The number of morpholine rings is 1. The SMILES string of the molecule is CC(Oc1nc(N2C3CCC2CN(C(=O)OC(C)(C)C)C3)c2c3c(c(-c4ncc(F)c5sc(NC(=O)OC(C)(C)C)c(C#N)c45)c(F)c2n1)COC3)C1CN(C)CCO1. The van der Waals surface area contributed by atoms with Crippen molar-refractivity contribution in [3.05, 3.63) is 34.5 Å². The number of benzene rings is 1. The van der Waals surface area contributed by atoms with Gasteiger partial charge in [0.1, 0.15) is 45.8 Å². The number of aromatic nitrogens is 3. The molecule has 59 heavy (non-hydrogen) atoms. The molecule has 2 amide bonds. The van der Waals surface area contributed by atoms with Gasteiger partial charge in [-0.2, -0.15) is 15.2 Å². The lowest BCUT2D eigenvalue weighted by atomic mass is 9.93. The van der Waals surface area contributed by atoms with Crippen molar-refractivity contribution in [1.82, 2.24) is 24.8 Å². The van der Waals surface area contributed by atoms with Crippen molar-refractivity contribution in [1.29, 1.82) is 5.26 Å². The number of rotatable bonds is 6. The number of nitrogens with zero attached hydrogens (tertiary/aromatic N) is 7. The summed E-state index contributed by atoms with van der Waals surface area (Å²) in [5, 5.41) is 13.5. The van der Waals surface area contributed by atoms with Gasteiger partial charge >= 0.3 is 18.2 Å². The lowest BCUT2D eigenvalue weighted by Crippen LogP contribution is -2.56. The van der Waals surface area contributed by atoms with E-state index in [-0.39, 0.29) is 74.8 Å². The van der Waals surface area contributed by atoms with Crippen LogP contribution < -0.4 is 15.0 Å². The second kappa shape index (κ2) is 15.3. The summed E-state index contributed by atoms with van der Waals surface area (Å²) in [6.45, 7) is 15.2. The summed E-state index contributed by atoms with van der Waals surface area (Å²) in [5.41, 5.74) is -0.596. The van der Waals surface area contributed by atoms with Crippen LogP contribution in [-0.2, 0) is 32.2 Å². The summed E-state index contributed by atoms with van der Waals surface area (Å²) in [6.07, 6.45) is 0.451. The monoisotopic (exact) mass is 834 g/mol. The van der Waals surface area contributed by atoms with E-state index < -0.39 is 41.1 Å². The van der Waals surface area contributed by atoms with Crippen LogP contribution in [0.2, 0.25) is 0 Å². The van der Waals surface area contributed by atoms with Crippen molar-refractivity contribution in [2.75, 3.05) is 50.1 Å². The molecule has 1 N–H and O–H groups in total. The van der Waals surface area contributed by atoms with Crippen LogP contribution in [0.15, 0.2) is 6.20 Å². The number of ether oxygens (including phenoxy) is 5. The molecule has 0 radical (unpaired) electrons. The van der Waals surface area contributed by atoms with Crippen molar-refractivity contribution in [2.45, 2.75) is 110 Å². The van der Waals surface area contributed by atoms with Crippen LogP contribution in [-0.4, -0.2) is 112 Å². The molecule has 2 bridgehead atoms. The Morgan fingerprint density at radius 2 is 1.71 bits per heavy atom. The molecule has 3 aromatic heterocycles. The van der Waals surface area contributed by atoms with Crippen LogP contribution in [0.1, 0.15) is 78.0 Å². The molecular formula is C41H48F2N8O7S. The van der Waals surface area contributed by atoms with Gasteiger partial charge in [-0.1, -0.05) is 0 Å². The van der Waals surface area contributed by atoms with Gasteiger partial charge in [-0.3, -0.25) is 10.3 Å². The summed E-state index contributed by atoms with van der Waals surface area (Å²) in [5.74, 6) is -1.07. The summed E-state index contributed by atoms with van der Waals surface area (Å²) < 4.78 is 63.1. The molecule has 1 aromatic carbocycles. The van der Waals surface area contributed by atoms with E-state index in [0.717, 1.165) is 36.9 Å². The Morgan fingerprint density at radius 3 is 2.37 bits per heavy atom. The van der Waals surface area contributed by atoms with Gasteiger partial charge in [0.05, 0.1) is 47.4 Å². The lowest BCUT2D eigenvalue weighted by Gasteiger charge is -2.42. The summed E-state index contributed by atoms with van der Waals surface area (Å²) in [7, 11) is 2.00. The number of carbonyl (C=O) groups excluding carboxylic acids is 2. The Bertz CT molecular complexity index is 2380. The maximum Gasteiger partial charge on any atom is 0.412 e. The van der Waals surface area contributed by atoms with Crippen LogP contribution in [0.4, 0.5) is 29.2 Å². The van der Waals surface area contributed by atoms with Gasteiger partial charge in [0.15, 0.2) is 11.6 Å². The number of nitriles is 1. The van der Waals surface area contributed by atoms with Crippen LogP contribution in [0, 0.1) is 23.0 Å². The molecule has 4 unspecified atom stereocenters. The molecule has 4 atom stereocenters. The van der Waals surface area contributed by atoms with Gasteiger partial charge in [0, 0.05) is 49.2 Å². The van der Waals surface area contributed by atoms with Gasteiger partial charge in [-0.05, 0) is 79.5 Å². The minimum absolute atomic E-state index is 0.00266. The van der Waals surface area contributed by atoms with E-state index in [0.29, 0.717) is 48.6 Å². The molecule has 18 heteroatoms. The number of hydrogen-bond acceptors (Lipinski definition) is 14. The predicted octanol–water partition coefficient (Wildman–Crippen LogP) is 7.12. The molecular weight excluding hydrogens is 787 g/mol. The molecule has 4 aliphatic heterocycles. The summed E-state index contributed by atoms with van der Waals surface area (Å²) >= 11 is 0.830. The Kier molecular flexibility index (Phi) is 10.5. The highest BCUT2D eigenvalue weighted by Crippen LogP contribution is 2.48. The first-order valence-corrected chi connectivity index (χ1v) is 20.6. The fourth-order valence-electron chi connectivity index (χ4n) is 8.39. The Balaban J connectivity index is 1.29. The van der Waals surface area contributed by atoms with Gasteiger partial charge in [-0.25, -0.2) is 18.4 Å². The number of halogens is 2. The number of likely N-dealkylation sites (tertiary alicyclic amines) is 1. The minimum atomic E-state index is -0.841. The number of likely N-dealkylation sites (N-methyl/N-ethyl adjacent to an activating group) is 1. The standard InChI is InChI=1S/C41H48F2N8O7S/c1-20(27-17-49(8)11-12-55-27)56-37-46-33-30(35(47-37)51-21-9-10-22(51)16-50(15-21)39(53)58-41(5,6)7)25-19-54-18-24(25)28(31(33)43)32-29-23(13-44)36(48-38(52)57-40(2,3)4)59-34(29)26(42)14-45-32/h14,20-22,27H,9-12,15-19H2,1-8H3,(H,48,52). The number of pyridine rings is 1. The van der Waals surface area contributed by atoms with E-state index in [9.17, 15) is 14.9 Å². The molecule has 314 valence electrons. The molecule has 15 nitrogen and oxygen atoms in total. The molecule has 0 spiro atoms. The van der Waals surface area contributed by atoms with Crippen LogP contribution in [0.25, 0.3) is 32.2 Å². The van der Waals surface area contributed by atoms with Crippen molar-refractivity contribution < 1.29 is 42.1 Å². The third-order valence-corrected chi connectivity index (χ3v) is 12.0. The Labute approximate surface area is 344 Å². The number of fused-ring (bicyclic) bond motifs is 6. The third-order valence-electron chi connectivity index (χ3n) is 10.9. The van der Waals surface area contributed by atoms with E-state index in [2.05, 4.69) is 26.2 Å². The van der Waals surface area contributed by atoms with Gasteiger partial charge in [0.2, 0.25) is 0 Å². The molecule has 3 fully saturated rings. The molecule has 4 aromatic rings. The van der Waals surface area contributed by atoms with Crippen molar-refractivity contribution in [2.24, 2.45) is 0 Å². The van der Waals surface area contributed by atoms with E-state index in [1.54, 1.807) is 25.7 Å². The number of thiophene rings is 1. The summed E-state index contributed by atoms with van der Waals surface area (Å²) in [6, 6.07) is 1.68. The number of carbonyl (C=O) groups is 2. The second-order valence-corrected chi connectivity index (χ2v) is 18.6. The van der Waals surface area contributed by atoms with Gasteiger partial charge < -0.3 is 38.4 Å². The maximum atomic E-state index is 17.9. The van der Waals surface area contributed by atoms with Crippen LogP contribution in [0.3, 0.4) is 0 Å². The fraction of sp³-hybridized carbons (Fsp3) is 0.561. The van der Waals surface area contributed by atoms with Crippen LogP contribution >= 0.6 is 11.3 Å². The van der Waals surface area contributed by atoms with E-state index >= 15 is 8.78 Å². The molecule has 7 heterocycles. The van der Waals surface area contributed by atoms with Crippen molar-refractivity contribution in [3.63, 3.8) is 0 Å². The number of piperazine rings is 1. The zero-order valence-corrected chi connectivity index (χ0v) is 35.2. The van der Waals surface area contributed by atoms with Crippen LogP contribution in [0.5, 0.6) is 6.01 Å². The normalized spacial score (nSPS) is 21.4. The topological polar surface area (TPSA) is 164 Å². The Morgan fingerprint density at radius 1 is 1.02 bits per heavy atom. The van der Waals surface area contributed by atoms with Gasteiger partial charge in [0.25, 0.3) is 0 Å². The number of amides is 2.